The number of hydrogen-bond donors (Lipinski definition) is 0. The van der Waals surface area contributed by atoms with E-state index in [-0.39, 0.29) is 17.6 Å². The molecule has 26 heavy (non-hydrogen) atoms. The van der Waals surface area contributed by atoms with Gasteiger partial charge in [-0.1, -0.05) is 12.1 Å². The number of carbonyl (C=O) groups excluding carboxylic acids is 2. The fourth-order valence-electron chi connectivity index (χ4n) is 3.69. The van der Waals surface area contributed by atoms with Crippen molar-refractivity contribution < 1.29 is 9.59 Å². The van der Waals surface area contributed by atoms with Gasteiger partial charge < -0.3 is 4.79 Å². The maximum atomic E-state index is 12.6. The molecular formula is C21H20N2O2S. The van der Waals surface area contributed by atoms with E-state index in [4.69, 9.17) is 0 Å². The summed E-state index contributed by atoms with van der Waals surface area (Å²) in [5.41, 5.74) is 3.78. The average Bonchev–Trinajstić information content (AvgIpc) is 3.22. The Morgan fingerprint density at radius 1 is 1.12 bits per heavy atom. The van der Waals surface area contributed by atoms with Crippen LogP contribution in [0.5, 0.6) is 0 Å². The molecule has 2 aromatic heterocycles. The number of nitrogens with zero attached hydrogens (tertiary/aromatic N) is 2. The summed E-state index contributed by atoms with van der Waals surface area (Å²) >= 11 is 1.61. The molecule has 0 saturated heterocycles. The molecule has 0 aliphatic heterocycles. The Kier molecular flexibility index (Phi) is 4.89. The van der Waals surface area contributed by atoms with Crippen LogP contribution in [0.25, 0.3) is 21.2 Å². The Labute approximate surface area is 156 Å². The van der Waals surface area contributed by atoms with E-state index in [9.17, 15) is 9.59 Å². The van der Waals surface area contributed by atoms with Gasteiger partial charge in [-0.3, -0.25) is 14.8 Å². The summed E-state index contributed by atoms with van der Waals surface area (Å²) in [6, 6.07) is 8.29. The van der Waals surface area contributed by atoms with Crippen LogP contribution in [0.15, 0.2) is 42.2 Å². The molecule has 4 nitrogen and oxygen atoms in total. The molecule has 0 radical (unpaired) electrons. The van der Waals surface area contributed by atoms with Crippen LogP contribution < -0.4 is 0 Å². The number of fused-ring (bicyclic) bond motifs is 1. The van der Waals surface area contributed by atoms with Crippen LogP contribution in [0.1, 0.15) is 31.4 Å². The molecular weight excluding hydrogens is 344 g/mol. The number of thiazole rings is 1. The molecule has 1 saturated carbocycles. The van der Waals surface area contributed by atoms with Crippen LogP contribution in [0, 0.1) is 11.8 Å². The number of pyridine rings is 1. The summed E-state index contributed by atoms with van der Waals surface area (Å²) in [6.07, 6.45) is 8.44. The van der Waals surface area contributed by atoms with E-state index in [2.05, 4.69) is 28.2 Å². The smallest absolute Gasteiger partial charge is 0.141 e. The van der Waals surface area contributed by atoms with Gasteiger partial charge in [0.05, 0.1) is 10.4 Å². The SMILES string of the molecule is O=CC1CCC(C(=O)Cc2cc3cc(-c4cncs4)ccc3cn2)CC1. The van der Waals surface area contributed by atoms with Crippen molar-refractivity contribution in [2.24, 2.45) is 11.8 Å². The Balaban J connectivity index is 1.51. The predicted octanol–water partition coefficient (Wildman–Crippen LogP) is 4.48. The molecule has 1 fully saturated rings. The Morgan fingerprint density at radius 3 is 2.69 bits per heavy atom. The molecule has 0 N–H and O–H groups in total. The highest BCUT2D eigenvalue weighted by Crippen LogP contribution is 2.30. The minimum Gasteiger partial charge on any atom is -0.303 e. The first-order valence-corrected chi connectivity index (χ1v) is 9.86. The summed E-state index contributed by atoms with van der Waals surface area (Å²) in [5.74, 6) is 0.468. The van der Waals surface area contributed by atoms with E-state index in [0.717, 1.165) is 58.9 Å². The molecule has 0 bridgehead atoms. The van der Waals surface area contributed by atoms with Gasteiger partial charge in [-0.25, -0.2) is 0 Å². The highest BCUT2D eigenvalue weighted by Gasteiger charge is 2.26. The highest BCUT2D eigenvalue weighted by atomic mass is 32.1. The molecule has 3 aromatic rings. The van der Waals surface area contributed by atoms with E-state index in [1.165, 1.54) is 0 Å². The van der Waals surface area contributed by atoms with E-state index in [1.54, 1.807) is 11.3 Å². The normalized spacial score (nSPS) is 20.2. The van der Waals surface area contributed by atoms with Crippen LogP contribution in [-0.2, 0) is 16.0 Å². The minimum atomic E-state index is 0.0761. The summed E-state index contributed by atoms with van der Waals surface area (Å²) in [6.45, 7) is 0. The van der Waals surface area contributed by atoms with Gasteiger partial charge in [0.2, 0.25) is 0 Å². The molecule has 1 aliphatic rings. The maximum Gasteiger partial charge on any atom is 0.141 e. The van der Waals surface area contributed by atoms with Gasteiger partial charge in [-0.2, -0.15) is 0 Å². The highest BCUT2D eigenvalue weighted by molar-refractivity contribution is 7.13. The van der Waals surface area contributed by atoms with E-state index in [0.29, 0.717) is 6.42 Å². The number of carbonyl (C=O) groups is 2. The summed E-state index contributed by atoms with van der Waals surface area (Å²) in [7, 11) is 0. The minimum absolute atomic E-state index is 0.0761. The topological polar surface area (TPSA) is 59.9 Å². The third-order valence-electron chi connectivity index (χ3n) is 5.27. The van der Waals surface area contributed by atoms with Crippen LogP contribution in [0.2, 0.25) is 0 Å². The second-order valence-electron chi connectivity index (χ2n) is 6.99. The van der Waals surface area contributed by atoms with Crippen LogP contribution in [-0.4, -0.2) is 22.0 Å². The predicted molar refractivity (Wildman–Crippen MR) is 103 cm³/mol. The lowest BCUT2D eigenvalue weighted by molar-refractivity contribution is -0.124. The molecule has 0 atom stereocenters. The van der Waals surface area contributed by atoms with Crippen LogP contribution >= 0.6 is 11.3 Å². The molecule has 0 amide bonds. The average molecular weight is 364 g/mol. The zero-order valence-electron chi connectivity index (χ0n) is 14.4. The molecule has 132 valence electrons. The number of aromatic nitrogens is 2. The van der Waals surface area contributed by atoms with Gasteiger partial charge >= 0.3 is 0 Å². The molecule has 1 aliphatic carbocycles. The third kappa shape index (κ3) is 3.58. The van der Waals surface area contributed by atoms with Gasteiger partial charge in [-0.15, -0.1) is 11.3 Å². The zero-order valence-corrected chi connectivity index (χ0v) is 15.2. The van der Waals surface area contributed by atoms with E-state index >= 15 is 0 Å². The first-order chi connectivity index (χ1) is 12.7. The Morgan fingerprint density at radius 2 is 1.96 bits per heavy atom. The number of benzene rings is 1. The summed E-state index contributed by atoms with van der Waals surface area (Å²) in [4.78, 5) is 33.2. The third-order valence-corrected chi connectivity index (χ3v) is 6.09. The number of rotatable bonds is 5. The quantitative estimate of drug-likeness (QED) is 0.627. The number of ketones is 1. The van der Waals surface area contributed by atoms with E-state index in [1.807, 2.05) is 24.0 Å². The molecule has 2 heterocycles. The lowest BCUT2D eigenvalue weighted by atomic mass is 9.80. The maximum absolute atomic E-state index is 12.6. The van der Waals surface area contributed by atoms with Crippen molar-refractivity contribution >= 4 is 34.2 Å². The van der Waals surface area contributed by atoms with Crippen molar-refractivity contribution in [3.8, 4) is 10.4 Å². The lowest BCUT2D eigenvalue weighted by Gasteiger charge is -2.24. The Hall–Kier alpha value is -2.40. The standard InChI is InChI=1S/C21H20N2O2S/c24-12-14-1-3-15(4-2-14)20(25)9-19-8-18-7-16(21-11-22-13-26-21)5-6-17(18)10-23-19/h5-8,10-15H,1-4,9H2. The van der Waals surface area contributed by atoms with Gasteiger partial charge in [0.25, 0.3) is 0 Å². The first-order valence-electron chi connectivity index (χ1n) is 8.98. The number of aldehydes is 1. The van der Waals surface area contributed by atoms with E-state index < -0.39 is 0 Å². The fraction of sp³-hybridized carbons (Fsp3) is 0.333. The van der Waals surface area contributed by atoms with Gasteiger partial charge in [0, 0.05) is 41.7 Å². The van der Waals surface area contributed by atoms with Crippen LogP contribution in [0.4, 0.5) is 0 Å². The van der Waals surface area contributed by atoms with Gasteiger partial charge in [0.15, 0.2) is 0 Å². The number of hydrogen-bond acceptors (Lipinski definition) is 5. The second kappa shape index (κ2) is 7.46. The fourth-order valence-corrected chi connectivity index (χ4v) is 4.31. The molecule has 0 spiro atoms. The molecule has 0 unspecified atom stereocenters. The van der Waals surface area contributed by atoms with Crippen molar-refractivity contribution in [1.82, 2.24) is 9.97 Å². The summed E-state index contributed by atoms with van der Waals surface area (Å²) in [5, 5.41) is 2.17. The van der Waals surface area contributed by atoms with Crippen molar-refractivity contribution in [3.05, 3.63) is 47.9 Å². The lowest BCUT2D eigenvalue weighted by Crippen LogP contribution is -2.24. The largest absolute Gasteiger partial charge is 0.303 e. The van der Waals surface area contributed by atoms with Crippen molar-refractivity contribution in [2.45, 2.75) is 32.1 Å². The zero-order chi connectivity index (χ0) is 17.9. The van der Waals surface area contributed by atoms with Crippen molar-refractivity contribution in [3.63, 3.8) is 0 Å². The Bertz CT molecular complexity index is 928. The van der Waals surface area contributed by atoms with Crippen LogP contribution in [0.3, 0.4) is 0 Å². The second-order valence-corrected chi connectivity index (χ2v) is 7.88. The monoisotopic (exact) mass is 364 g/mol. The first kappa shape index (κ1) is 17.0. The molecule has 1 aromatic carbocycles. The van der Waals surface area contributed by atoms with Gasteiger partial charge in [-0.05, 0) is 48.8 Å². The number of Topliss-reactive ketones (excluding diaryl/α,β-unsaturated/α-hetero) is 1. The van der Waals surface area contributed by atoms with Gasteiger partial charge in [0.1, 0.15) is 12.1 Å². The molecule has 4 rings (SSSR count). The van der Waals surface area contributed by atoms with Crippen molar-refractivity contribution in [1.29, 1.82) is 0 Å². The molecule has 5 heteroatoms. The summed E-state index contributed by atoms with van der Waals surface area (Å²) < 4.78 is 0. The van der Waals surface area contributed by atoms with Crippen molar-refractivity contribution in [2.75, 3.05) is 0 Å².